The molecule has 0 aliphatic carbocycles. The molecule has 1 N–H and O–H groups in total. The zero-order valence-corrected chi connectivity index (χ0v) is 18.0. The van der Waals surface area contributed by atoms with Gasteiger partial charge in [0, 0.05) is 22.9 Å². The van der Waals surface area contributed by atoms with E-state index in [0.29, 0.717) is 17.1 Å². The molecule has 152 valence electrons. The Morgan fingerprint density at radius 3 is 2.34 bits per heavy atom. The fraction of sp³-hybridized carbons (Fsp3) is 0.333. The van der Waals surface area contributed by atoms with Crippen molar-refractivity contribution < 1.29 is 9.21 Å². The monoisotopic (exact) mass is 409 g/mol. The van der Waals surface area contributed by atoms with E-state index in [1.807, 2.05) is 18.2 Å². The molecule has 0 atom stereocenters. The highest BCUT2D eigenvalue weighted by molar-refractivity contribution is 7.99. The number of hydrogen-bond acceptors (Lipinski definition) is 4. The fourth-order valence-corrected chi connectivity index (χ4v) is 4.26. The third kappa shape index (κ3) is 5.10. The summed E-state index contributed by atoms with van der Waals surface area (Å²) in [7, 11) is 0. The second-order valence-electron chi connectivity index (χ2n) is 6.97. The second-order valence-corrected chi connectivity index (χ2v) is 7.96. The topological polar surface area (TPSA) is 59.3 Å². The molecule has 0 spiro atoms. The lowest BCUT2D eigenvalue weighted by Gasteiger charge is -2.14. The van der Waals surface area contributed by atoms with Crippen LogP contribution in [0.25, 0.3) is 11.0 Å². The van der Waals surface area contributed by atoms with Gasteiger partial charge >= 0.3 is 5.63 Å². The number of hydrogen-bond donors (Lipinski definition) is 1. The summed E-state index contributed by atoms with van der Waals surface area (Å²) in [6.07, 6.45) is 2.64. The van der Waals surface area contributed by atoms with Crippen LogP contribution in [0.5, 0.6) is 0 Å². The number of para-hydroxylation sites is 1. The highest BCUT2D eigenvalue weighted by Gasteiger charge is 2.11. The lowest BCUT2D eigenvalue weighted by molar-refractivity contribution is -0.113. The van der Waals surface area contributed by atoms with E-state index in [-0.39, 0.29) is 11.5 Å². The van der Waals surface area contributed by atoms with Crippen molar-refractivity contribution in [1.29, 1.82) is 0 Å². The second kappa shape index (κ2) is 9.79. The maximum atomic E-state index is 12.5. The molecular formula is C24H27NO3S. The Bertz CT molecular complexity index is 1050. The molecular weight excluding hydrogens is 382 g/mol. The van der Waals surface area contributed by atoms with Crippen molar-refractivity contribution in [2.45, 2.75) is 45.8 Å². The molecule has 0 fully saturated rings. The standard InChI is InChI=1S/C24H27NO3S/c1-4-16-10-11-20-19(13-23(27)28-21(20)12-16)14-29-15-22(26)25-24-17(5-2)8-7-9-18(24)6-3/h7-13H,4-6,14-15H2,1-3H3,(H,25,26). The van der Waals surface area contributed by atoms with E-state index in [0.717, 1.165) is 52.6 Å². The summed E-state index contributed by atoms with van der Waals surface area (Å²) >= 11 is 1.50. The van der Waals surface area contributed by atoms with E-state index in [9.17, 15) is 9.59 Å². The van der Waals surface area contributed by atoms with E-state index in [4.69, 9.17) is 4.42 Å². The normalized spacial score (nSPS) is 11.0. The van der Waals surface area contributed by atoms with Gasteiger partial charge in [0.25, 0.3) is 0 Å². The Morgan fingerprint density at radius 1 is 0.966 bits per heavy atom. The van der Waals surface area contributed by atoms with Crippen molar-refractivity contribution in [1.82, 2.24) is 0 Å². The highest BCUT2D eigenvalue weighted by Crippen LogP contribution is 2.25. The summed E-state index contributed by atoms with van der Waals surface area (Å²) in [6.45, 7) is 6.25. The van der Waals surface area contributed by atoms with Crippen LogP contribution in [0.15, 0.2) is 51.7 Å². The van der Waals surface area contributed by atoms with Gasteiger partial charge in [-0.3, -0.25) is 4.79 Å². The van der Waals surface area contributed by atoms with Gasteiger partial charge in [-0.15, -0.1) is 11.8 Å². The summed E-state index contributed by atoms with van der Waals surface area (Å²) < 4.78 is 5.36. The van der Waals surface area contributed by atoms with Gasteiger partial charge < -0.3 is 9.73 Å². The van der Waals surface area contributed by atoms with Crippen LogP contribution in [0.3, 0.4) is 0 Å². The Hall–Kier alpha value is -2.53. The van der Waals surface area contributed by atoms with Crippen molar-refractivity contribution in [2.24, 2.45) is 0 Å². The molecule has 0 aliphatic rings. The molecule has 1 heterocycles. The zero-order chi connectivity index (χ0) is 20.8. The van der Waals surface area contributed by atoms with Gasteiger partial charge in [-0.1, -0.05) is 51.1 Å². The van der Waals surface area contributed by atoms with Crippen molar-refractivity contribution in [3.63, 3.8) is 0 Å². The predicted molar refractivity (Wildman–Crippen MR) is 122 cm³/mol. The summed E-state index contributed by atoms with van der Waals surface area (Å²) in [4.78, 5) is 24.5. The molecule has 3 rings (SSSR count). The fourth-order valence-electron chi connectivity index (χ4n) is 3.45. The Kier molecular flexibility index (Phi) is 7.15. The van der Waals surface area contributed by atoms with Gasteiger partial charge in [-0.25, -0.2) is 4.79 Å². The first kappa shape index (κ1) is 21.2. The van der Waals surface area contributed by atoms with Crippen LogP contribution in [-0.4, -0.2) is 11.7 Å². The predicted octanol–water partition coefficient (Wildman–Crippen LogP) is 5.35. The Labute approximate surface area is 175 Å². The quantitative estimate of drug-likeness (QED) is 0.509. The first-order chi connectivity index (χ1) is 14.0. The highest BCUT2D eigenvalue weighted by atomic mass is 32.2. The molecule has 3 aromatic rings. The molecule has 1 aromatic heterocycles. The summed E-state index contributed by atoms with van der Waals surface area (Å²) in [5.41, 5.74) is 5.55. The van der Waals surface area contributed by atoms with Crippen molar-refractivity contribution in [3.05, 3.63) is 75.1 Å². The van der Waals surface area contributed by atoms with Gasteiger partial charge in [-0.05, 0) is 47.6 Å². The van der Waals surface area contributed by atoms with E-state index >= 15 is 0 Å². The SMILES string of the molecule is CCc1ccc2c(CSCC(=O)Nc3c(CC)cccc3CC)cc(=O)oc2c1. The number of carbonyl (C=O) groups excluding carboxylic acids is 1. The lowest BCUT2D eigenvalue weighted by Crippen LogP contribution is -2.17. The van der Waals surface area contributed by atoms with Crippen LogP contribution in [0.4, 0.5) is 5.69 Å². The number of aryl methyl sites for hydroxylation is 3. The van der Waals surface area contributed by atoms with E-state index in [1.165, 1.54) is 17.8 Å². The van der Waals surface area contributed by atoms with Gasteiger partial charge in [-0.2, -0.15) is 0 Å². The first-order valence-electron chi connectivity index (χ1n) is 10.1. The maximum absolute atomic E-state index is 12.5. The van der Waals surface area contributed by atoms with Gasteiger partial charge in [0.15, 0.2) is 0 Å². The third-order valence-corrected chi connectivity index (χ3v) is 6.04. The Morgan fingerprint density at radius 2 is 1.69 bits per heavy atom. The molecule has 5 heteroatoms. The molecule has 0 saturated heterocycles. The van der Waals surface area contributed by atoms with Crippen LogP contribution in [0.1, 0.15) is 43.0 Å². The van der Waals surface area contributed by atoms with Crippen molar-refractivity contribution in [2.75, 3.05) is 11.1 Å². The number of anilines is 1. The van der Waals surface area contributed by atoms with Gasteiger partial charge in [0.1, 0.15) is 5.58 Å². The number of rotatable bonds is 8. The van der Waals surface area contributed by atoms with Crippen LogP contribution < -0.4 is 10.9 Å². The Balaban J connectivity index is 1.69. The first-order valence-corrected chi connectivity index (χ1v) is 11.2. The molecule has 0 saturated carbocycles. The minimum Gasteiger partial charge on any atom is -0.423 e. The maximum Gasteiger partial charge on any atom is 0.336 e. The number of amides is 1. The largest absolute Gasteiger partial charge is 0.423 e. The summed E-state index contributed by atoms with van der Waals surface area (Å²) in [5, 5.41) is 4.02. The molecule has 29 heavy (non-hydrogen) atoms. The van der Waals surface area contributed by atoms with Crippen LogP contribution in [-0.2, 0) is 29.8 Å². The van der Waals surface area contributed by atoms with Gasteiger partial charge in [0.05, 0.1) is 5.75 Å². The lowest BCUT2D eigenvalue weighted by atomic mass is 10.0. The smallest absolute Gasteiger partial charge is 0.336 e. The van der Waals surface area contributed by atoms with E-state index in [1.54, 1.807) is 0 Å². The number of thioether (sulfide) groups is 1. The minimum absolute atomic E-state index is 0.0221. The molecule has 4 nitrogen and oxygen atoms in total. The van der Waals surface area contributed by atoms with Crippen LogP contribution in [0, 0.1) is 0 Å². The molecule has 2 aromatic carbocycles. The number of carbonyl (C=O) groups is 1. The van der Waals surface area contributed by atoms with Crippen molar-refractivity contribution in [3.8, 4) is 0 Å². The third-order valence-electron chi connectivity index (χ3n) is 5.06. The number of nitrogens with one attached hydrogen (secondary N) is 1. The van der Waals surface area contributed by atoms with Crippen LogP contribution in [0.2, 0.25) is 0 Å². The average molecular weight is 410 g/mol. The zero-order valence-electron chi connectivity index (χ0n) is 17.2. The molecule has 0 aliphatic heterocycles. The minimum atomic E-state index is -0.352. The van der Waals surface area contributed by atoms with E-state index < -0.39 is 0 Å². The molecule has 0 bridgehead atoms. The summed E-state index contributed by atoms with van der Waals surface area (Å²) in [5.74, 6) is 0.888. The number of benzene rings is 2. The summed E-state index contributed by atoms with van der Waals surface area (Å²) in [6, 6.07) is 13.7. The van der Waals surface area contributed by atoms with Crippen molar-refractivity contribution >= 4 is 34.3 Å². The molecule has 1 amide bonds. The molecule has 0 radical (unpaired) electrons. The number of fused-ring (bicyclic) bond motifs is 1. The molecule has 0 unspecified atom stereocenters. The van der Waals surface area contributed by atoms with Crippen LogP contribution >= 0.6 is 11.8 Å². The van der Waals surface area contributed by atoms with E-state index in [2.05, 4.69) is 44.3 Å². The van der Waals surface area contributed by atoms with Gasteiger partial charge in [0.2, 0.25) is 5.91 Å². The average Bonchev–Trinajstić information content (AvgIpc) is 2.73.